The van der Waals surface area contributed by atoms with E-state index in [9.17, 15) is 9.59 Å². The summed E-state index contributed by atoms with van der Waals surface area (Å²) in [6.07, 6.45) is 0. The summed E-state index contributed by atoms with van der Waals surface area (Å²) in [6.45, 7) is 3.12. The molecule has 34 heavy (non-hydrogen) atoms. The molecule has 0 saturated heterocycles. The molecule has 0 fully saturated rings. The Labute approximate surface area is 196 Å². The number of carbonyl (C=O) groups is 2. The standard InChI is InChI=1S/C28H22N4O2/c1-17(33)21-10-3-5-12-23(21)27-15-25(29-31-27)19-8-7-9-20(14-19)26-16-28(32-30-26)24-13-6-4-11-22(24)18(2)34/h3-16H,1-2H3,(H,29,31)(H,30,32). The van der Waals surface area contributed by atoms with Crippen LogP contribution in [0, 0.1) is 0 Å². The van der Waals surface area contributed by atoms with Crippen LogP contribution in [-0.2, 0) is 0 Å². The van der Waals surface area contributed by atoms with Gasteiger partial charge in [-0.05, 0) is 32.0 Å². The lowest BCUT2D eigenvalue weighted by Crippen LogP contribution is -1.95. The molecule has 0 saturated carbocycles. The van der Waals surface area contributed by atoms with Gasteiger partial charge >= 0.3 is 0 Å². The zero-order valence-electron chi connectivity index (χ0n) is 18.8. The molecule has 0 unspecified atom stereocenters. The fraction of sp³-hybridized carbons (Fsp3) is 0.0714. The molecule has 0 radical (unpaired) electrons. The van der Waals surface area contributed by atoms with Gasteiger partial charge in [0.25, 0.3) is 0 Å². The van der Waals surface area contributed by atoms with E-state index in [-0.39, 0.29) is 11.6 Å². The van der Waals surface area contributed by atoms with E-state index in [1.54, 1.807) is 13.8 Å². The third kappa shape index (κ3) is 3.97. The molecule has 0 aliphatic rings. The van der Waals surface area contributed by atoms with Crippen molar-refractivity contribution in [2.75, 3.05) is 0 Å². The Morgan fingerprint density at radius 3 is 1.47 bits per heavy atom. The van der Waals surface area contributed by atoms with Gasteiger partial charge < -0.3 is 0 Å². The van der Waals surface area contributed by atoms with Crippen LogP contribution in [0.3, 0.4) is 0 Å². The molecule has 2 N–H and O–H groups in total. The third-order valence-electron chi connectivity index (χ3n) is 5.80. The van der Waals surface area contributed by atoms with Gasteiger partial charge in [0.15, 0.2) is 11.6 Å². The average Bonchev–Trinajstić information content (AvgIpc) is 3.55. The summed E-state index contributed by atoms with van der Waals surface area (Å²) >= 11 is 0. The van der Waals surface area contributed by atoms with Gasteiger partial charge in [0, 0.05) is 33.4 Å². The van der Waals surface area contributed by atoms with Crippen molar-refractivity contribution in [1.29, 1.82) is 0 Å². The van der Waals surface area contributed by atoms with Gasteiger partial charge in [-0.1, -0.05) is 66.7 Å². The van der Waals surface area contributed by atoms with Gasteiger partial charge in [0.05, 0.1) is 22.8 Å². The monoisotopic (exact) mass is 446 g/mol. The summed E-state index contributed by atoms with van der Waals surface area (Å²) in [5.41, 5.74) is 7.92. The number of benzene rings is 3. The third-order valence-corrected chi connectivity index (χ3v) is 5.80. The molecule has 0 atom stereocenters. The first-order chi connectivity index (χ1) is 16.5. The molecule has 5 rings (SSSR count). The van der Waals surface area contributed by atoms with Gasteiger partial charge in [-0.3, -0.25) is 19.8 Å². The molecule has 2 heterocycles. The van der Waals surface area contributed by atoms with E-state index >= 15 is 0 Å². The van der Waals surface area contributed by atoms with E-state index in [0.717, 1.165) is 45.0 Å². The van der Waals surface area contributed by atoms with Crippen LogP contribution in [-0.4, -0.2) is 32.0 Å². The maximum Gasteiger partial charge on any atom is 0.160 e. The topological polar surface area (TPSA) is 91.5 Å². The number of rotatable bonds is 6. The second-order valence-electron chi connectivity index (χ2n) is 8.12. The first-order valence-corrected chi connectivity index (χ1v) is 10.9. The number of aromatic nitrogens is 4. The molecule has 0 aliphatic carbocycles. The normalized spacial score (nSPS) is 10.9. The lowest BCUT2D eigenvalue weighted by Gasteiger charge is -2.03. The number of H-pyrrole nitrogens is 2. The van der Waals surface area contributed by atoms with Crippen molar-refractivity contribution in [2.24, 2.45) is 0 Å². The van der Waals surface area contributed by atoms with Gasteiger partial charge in [0.2, 0.25) is 0 Å². The Bertz CT molecular complexity index is 1420. The number of nitrogens with zero attached hydrogens (tertiary/aromatic N) is 2. The van der Waals surface area contributed by atoms with Crippen LogP contribution in [0.15, 0.2) is 84.9 Å². The molecule has 5 aromatic rings. The number of carbonyl (C=O) groups excluding carboxylic acids is 2. The first kappa shape index (κ1) is 21.3. The van der Waals surface area contributed by atoms with E-state index in [2.05, 4.69) is 20.4 Å². The molecule has 6 nitrogen and oxygen atoms in total. The Balaban J connectivity index is 1.48. The highest BCUT2D eigenvalue weighted by molar-refractivity contribution is 6.01. The second-order valence-corrected chi connectivity index (χ2v) is 8.12. The summed E-state index contributed by atoms with van der Waals surface area (Å²) in [6, 6.07) is 26.8. The predicted molar refractivity (Wildman–Crippen MR) is 132 cm³/mol. The van der Waals surface area contributed by atoms with E-state index in [0.29, 0.717) is 11.1 Å². The molecule has 0 amide bonds. The minimum Gasteiger partial charge on any atom is -0.294 e. The van der Waals surface area contributed by atoms with Crippen molar-refractivity contribution in [2.45, 2.75) is 13.8 Å². The van der Waals surface area contributed by atoms with E-state index in [1.807, 2.05) is 84.9 Å². The van der Waals surface area contributed by atoms with Crippen LogP contribution in [0.4, 0.5) is 0 Å². The number of ketones is 2. The van der Waals surface area contributed by atoms with Gasteiger partial charge in [-0.2, -0.15) is 10.2 Å². The van der Waals surface area contributed by atoms with Gasteiger partial charge in [0.1, 0.15) is 0 Å². The maximum atomic E-state index is 12.0. The summed E-state index contributed by atoms with van der Waals surface area (Å²) in [4.78, 5) is 24.0. The molecule has 2 aromatic heterocycles. The zero-order chi connectivity index (χ0) is 23.7. The molecule has 3 aromatic carbocycles. The van der Waals surface area contributed by atoms with Crippen molar-refractivity contribution in [3.8, 4) is 45.0 Å². The van der Waals surface area contributed by atoms with Gasteiger partial charge in [-0.15, -0.1) is 0 Å². The fourth-order valence-electron chi connectivity index (χ4n) is 4.10. The smallest absolute Gasteiger partial charge is 0.160 e. The highest BCUT2D eigenvalue weighted by Crippen LogP contribution is 2.31. The highest BCUT2D eigenvalue weighted by atomic mass is 16.1. The number of hydrogen-bond donors (Lipinski definition) is 2. The number of hydrogen-bond acceptors (Lipinski definition) is 4. The molecular formula is C28H22N4O2. The van der Waals surface area contributed by atoms with Crippen molar-refractivity contribution in [3.05, 3.63) is 96.1 Å². The van der Waals surface area contributed by atoms with Crippen LogP contribution >= 0.6 is 0 Å². The van der Waals surface area contributed by atoms with Crippen LogP contribution in [0.2, 0.25) is 0 Å². The van der Waals surface area contributed by atoms with Gasteiger partial charge in [-0.25, -0.2) is 0 Å². The van der Waals surface area contributed by atoms with Crippen LogP contribution < -0.4 is 0 Å². The Morgan fingerprint density at radius 1 is 0.588 bits per heavy atom. The molecular weight excluding hydrogens is 424 g/mol. The van der Waals surface area contributed by atoms with Crippen molar-refractivity contribution in [1.82, 2.24) is 20.4 Å². The predicted octanol–water partition coefficient (Wildman–Crippen LogP) is 6.21. The van der Waals surface area contributed by atoms with E-state index in [1.165, 1.54) is 0 Å². The van der Waals surface area contributed by atoms with E-state index < -0.39 is 0 Å². The lowest BCUT2D eigenvalue weighted by atomic mass is 10.00. The Kier molecular flexibility index (Phi) is 5.47. The number of Topliss-reactive ketones (excluding diaryl/α,β-unsaturated/α-hetero) is 2. The molecule has 0 aliphatic heterocycles. The Morgan fingerprint density at radius 2 is 1.03 bits per heavy atom. The van der Waals surface area contributed by atoms with Crippen LogP contribution in [0.25, 0.3) is 45.0 Å². The SMILES string of the molecule is CC(=O)c1ccccc1-c1cc(-c2cccc(-c3cc(-c4ccccc4C(C)=O)[nH]n3)c2)n[nH]1. The van der Waals surface area contributed by atoms with Crippen LogP contribution in [0.1, 0.15) is 34.6 Å². The lowest BCUT2D eigenvalue weighted by molar-refractivity contribution is 0.101. The average molecular weight is 447 g/mol. The largest absolute Gasteiger partial charge is 0.294 e. The van der Waals surface area contributed by atoms with E-state index in [4.69, 9.17) is 0 Å². The van der Waals surface area contributed by atoms with Crippen molar-refractivity contribution in [3.63, 3.8) is 0 Å². The second kappa shape index (κ2) is 8.75. The molecule has 0 spiro atoms. The first-order valence-electron chi connectivity index (χ1n) is 10.9. The minimum atomic E-state index is 0.00873. The zero-order valence-corrected chi connectivity index (χ0v) is 18.8. The fourth-order valence-corrected chi connectivity index (χ4v) is 4.10. The number of aromatic amines is 2. The summed E-state index contributed by atoms with van der Waals surface area (Å²) in [5.74, 6) is 0.0175. The quantitative estimate of drug-likeness (QED) is 0.304. The van der Waals surface area contributed by atoms with Crippen molar-refractivity contribution < 1.29 is 9.59 Å². The summed E-state index contributed by atoms with van der Waals surface area (Å²) in [5, 5.41) is 15.1. The summed E-state index contributed by atoms with van der Waals surface area (Å²) < 4.78 is 0. The van der Waals surface area contributed by atoms with Crippen molar-refractivity contribution >= 4 is 11.6 Å². The van der Waals surface area contributed by atoms with Crippen LogP contribution in [0.5, 0.6) is 0 Å². The molecule has 166 valence electrons. The molecule has 0 bridgehead atoms. The minimum absolute atomic E-state index is 0.00873. The molecule has 6 heteroatoms. The maximum absolute atomic E-state index is 12.0. The number of nitrogens with one attached hydrogen (secondary N) is 2. The summed E-state index contributed by atoms with van der Waals surface area (Å²) in [7, 11) is 0. The Hall–Kier alpha value is -4.58. The highest BCUT2D eigenvalue weighted by Gasteiger charge is 2.14.